The fourth-order valence-corrected chi connectivity index (χ4v) is 3.31. The zero-order valence-corrected chi connectivity index (χ0v) is 17.3. The van der Waals surface area contributed by atoms with E-state index >= 15 is 0 Å². The van der Waals surface area contributed by atoms with Crippen molar-refractivity contribution in [1.29, 1.82) is 0 Å². The average molecular weight is 403 g/mol. The van der Waals surface area contributed by atoms with Crippen LogP contribution in [0.25, 0.3) is 33.8 Å². The molecule has 0 unspecified atom stereocenters. The molecule has 1 heterocycles. The minimum atomic E-state index is 0.676. The number of hydrogen-bond acceptors (Lipinski definition) is 4. The molecule has 4 aromatic rings. The van der Waals surface area contributed by atoms with Gasteiger partial charge in [-0.05, 0) is 60.8 Å². The highest BCUT2D eigenvalue weighted by atomic mass is 35.5. The molecule has 0 saturated carbocycles. The van der Waals surface area contributed by atoms with Crippen molar-refractivity contribution in [3.8, 4) is 0 Å². The lowest BCUT2D eigenvalue weighted by Gasteiger charge is -2.13. The predicted octanol–water partition coefficient (Wildman–Crippen LogP) is 5.58. The van der Waals surface area contributed by atoms with Gasteiger partial charge in [0.2, 0.25) is 0 Å². The number of likely N-dealkylation sites (N-methyl/N-ethyl adjacent to an activating group) is 1. The fourth-order valence-electron chi connectivity index (χ4n) is 3.19. The average Bonchev–Trinajstić information content (AvgIpc) is 2.71. The second-order valence-corrected chi connectivity index (χ2v) is 7.70. The third-order valence-corrected chi connectivity index (χ3v) is 4.98. The highest BCUT2D eigenvalue weighted by Crippen LogP contribution is 2.27. The Kier molecular flexibility index (Phi) is 5.74. The van der Waals surface area contributed by atoms with Crippen LogP contribution in [0.1, 0.15) is 11.4 Å². The minimum absolute atomic E-state index is 0.676. The summed E-state index contributed by atoms with van der Waals surface area (Å²) in [5, 5.41) is 7.60. The van der Waals surface area contributed by atoms with Gasteiger partial charge in [-0.15, -0.1) is 0 Å². The van der Waals surface area contributed by atoms with Crippen molar-refractivity contribution in [2.45, 2.75) is 0 Å². The summed E-state index contributed by atoms with van der Waals surface area (Å²) < 4.78 is 0. The van der Waals surface area contributed by atoms with Crippen LogP contribution in [0.5, 0.6) is 0 Å². The van der Waals surface area contributed by atoms with Crippen LogP contribution in [-0.4, -0.2) is 42.1 Å². The van der Waals surface area contributed by atoms with Crippen molar-refractivity contribution in [3.63, 3.8) is 0 Å². The summed E-state index contributed by atoms with van der Waals surface area (Å²) >= 11 is 5.97. The molecule has 5 heteroatoms. The van der Waals surface area contributed by atoms with Crippen LogP contribution in [0.4, 0.5) is 5.82 Å². The molecule has 4 nitrogen and oxygen atoms in total. The van der Waals surface area contributed by atoms with Gasteiger partial charge in [0.1, 0.15) is 5.82 Å². The second kappa shape index (κ2) is 8.60. The monoisotopic (exact) mass is 402 g/mol. The number of nitrogens with zero attached hydrogens (tertiary/aromatic N) is 3. The highest BCUT2D eigenvalue weighted by Gasteiger charge is 2.08. The number of halogens is 1. The summed E-state index contributed by atoms with van der Waals surface area (Å²) in [6, 6.07) is 20.3. The fraction of sp³-hybridized carbons (Fsp3) is 0.167. The van der Waals surface area contributed by atoms with Gasteiger partial charge in [0.05, 0.1) is 5.52 Å². The quantitative estimate of drug-likeness (QED) is 0.427. The first-order valence-corrected chi connectivity index (χ1v) is 9.99. The lowest BCUT2D eigenvalue weighted by molar-refractivity contribution is 0.425. The van der Waals surface area contributed by atoms with E-state index < -0.39 is 0 Å². The predicted molar refractivity (Wildman–Crippen MR) is 124 cm³/mol. The molecular formula is C24H23ClN4. The Balaban J connectivity index is 1.75. The van der Waals surface area contributed by atoms with Crippen molar-refractivity contribution >= 4 is 51.2 Å². The van der Waals surface area contributed by atoms with E-state index in [9.17, 15) is 0 Å². The van der Waals surface area contributed by atoms with Crippen LogP contribution in [0, 0.1) is 0 Å². The van der Waals surface area contributed by atoms with E-state index in [1.807, 2.05) is 42.5 Å². The third kappa shape index (κ3) is 4.73. The van der Waals surface area contributed by atoms with E-state index in [4.69, 9.17) is 21.6 Å². The summed E-state index contributed by atoms with van der Waals surface area (Å²) in [5.41, 5.74) is 1.99. The molecule has 1 N–H and O–H groups in total. The standard InChI is InChI=1S/C24H23ClN4/c1-29(2)14-13-26-24-21-15-18-5-3-4-6-19(18)16-22(21)27-23(28-24)12-9-17-7-10-20(25)11-8-17/h3-12,15-16H,13-14H2,1-2H3,(H,26,27,28)/b12-9+. The Morgan fingerprint density at radius 1 is 0.931 bits per heavy atom. The van der Waals surface area contributed by atoms with Gasteiger partial charge >= 0.3 is 0 Å². The molecule has 0 bridgehead atoms. The molecule has 0 aliphatic rings. The summed E-state index contributed by atoms with van der Waals surface area (Å²) in [6.45, 7) is 1.74. The molecule has 29 heavy (non-hydrogen) atoms. The van der Waals surface area contributed by atoms with E-state index in [1.165, 1.54) is 10.8 Å². The lowest BCUT2D eigenvalue weighted by Crippen LogP contribution is -2.21. The zero-order chi connectivity index (χ0) is 20.2. The van der Waals surface area contributed by atoms with Gasteiger partial charge in [0, 0.05) is 23.5 Å². The Hall–Kier alpha value is -2.95. The van der Waals surface area contributed by atoms with Gasteiger partial charge in [-0.1, -0.05) is 54.1 Å². The number of hydrogen-bond donors (Lipinski definition) is 1. The summed E-state index contributed by atoms with van der Waals surface area (Å²) in [6.07, 6.45) is 3.94. The second-order valence-electron chi connectivity index (χ2n) is 7.26. The maximum absolute atomic E-state index is 5.97. The molecule has 4 rings (SSSR count). The Morgan fingerprint density at radius 3 is 2.38 bits per heavy atom. The van der Waals surface area contributed by atoms with E-state index in [1.54, 1.807) is 0 Å². The number of anilines is 1. The van der Waals surface area contributed by atoms with Crippen molar-refractivity contribution in [3.05, 3.63) is 77.1 Å². The van der Waals surface area contributed by atoms with Gasteiger partial charge in [-0.2, -0.15) is 0 Å². The first-order chi connectivity index (χ1) is 14.1. The zero-order valence-electron chi connectivity index (χ0n) is 16.6. The molecule has 0 spiro atoms. The van der Waals surface area contributed by atoms with Gasteiger partial charge in [0.15, 0.2) is 5.82 Å². The normalized spacial score (nSPS) is 11.7. The number of fused-ring (bicyclic) bond motifs is 2. The van der Waals surface area contributed by atoms with Crippen molar-refractivity contribution in [2.75, 3.05) is 32.5 Å². The molecule has 0 aliphatic carbocycles. The molecule has 0 saturated heterocycles. The van der Waals surface area contributed by atoms with Crippen LogP contribution in [-0.2, 0) is 0 Å². The first-order valence-electron chi connectivity index (χ1n) is 9.61. The van der Waals surface area contributed by atoms with Crippen LogP contribution < -0.4 is 5.32 Å². The maximum Gasteiger partial charge on any atom is 0.154 e. The van der Waals surface area contributed by atoms with Crippen molar-refractivity contribution in [1.82, 2.24) is 14.9 Å². The SMILES string of the molecule is CN(C)CCNc1nc(/C=C/c2ccc(Cl)cc2)nc2cc3ccccc3cc12. The molecule has 0 atom stereocenters. The molecule has 1 aromatic heterocycles. The molecular weight excluding hydrogens is 380 g/mol. The number of benzene rings is 3. The maximum atomic E-state index is 5.97. The van der Waals surface area contributed by atoms with Gasteiger partial charge in [-0.3, -0.25) is 0 Å². The molecule has 146 valence electrons. The summed E-state index contributed by atoms with van der Waals surface area (Å²) in [4.78, 5) is 11.7. The van der Waals surface area contributed by atoms with Gasteiger partial charge in [-0.25, -0.2) is 9.97 Å². The van der Waals surface area contributed by atoms with E-state index in [0.29, 0.717) is 5.82 Å². The Labute approximate surface area is 175 Å². The van der Waals surface area contributed by atoms with E-state index in [0.717, 1.165) is 40.4 Å². The molecule has 3 aromatic carbocycles. The molecule has 0 amide bonds. The number of nitrogens with one attached hydrogen (secondary N) is 1. The Morgan fingerprint density at radius 2 is 1.66 bits per heavy atom. The number of aromatic nitrogens is 2. The van der Waals surface area contributed by atoms with Crippen LogP contribution in [0.3, 0.4) is 0 Å². The summed E-state index contributed by atoms with van der Waals surface area (Å²) in [7, 11) is 4.13. The van der Waals surface area contributed by atoms with Crippen LogP contribution in [0.2, 0.25) is 5.02 Å². The topological polar surface area (TPSA) is 41.0 Å². The van der Waals surface area contributed by atoms with Crippen LogP contribution in [0.15, 0.2) is 60.7 Å². The lowest BCUT2D eigenvalue weighted by atomic mass is 10.1. The molecule has 0 fully saturated rings. The van der Waals surface area contributed by atoms with Gasteiger partial charge in [0.25, 0.3) is 0 Å². The van der Waals surface area contributed by atoms with E-state index in [2.05, 4.69) is 54.6 Å². The minimum Gasteiger partial charge on any atom is -0.368 e. The first kappa shape index (κ1) is 19.4. The largest absolute Gasteiger partial charge is 0.368 e. The number of rotatable bonds is 6. The molecule has 0 radical (unpaired) electrons. The third-order valence-electron chi connectivity index (χ3n) is 4.73. The van der Waals surface area contributed by atoms with Gasteiger partial charge < -0.3 is 10.2 Å². The van der Waals surface area contributed by atoms with E-state index in [-0.39, 0.29) is 0 Å². The van der Waals surface area contributed by atoms with Crippen LogP contribution >= 0.6 is 11.6 Å². The van der Waals surface area contributed by atoms with Crippen molar-refractivity contribution in [2.24, 2.45) is 0 Å². The molecule has 0 aliphatic heterocycles. The smallest absolute Gasteiger partial charge is 0.154 e. The highest BCUT2D eigenvalue weighted by molar-refractivity contribution is 6.30. The van der Waals surface area contributed by atoms with Crippen molar-refractivity contribution < 1.29 is 0 Å². The Bertz CT molecular complexity index is 1170. The summed E-state index contributed by atoms with van der Waals surface area (Å²) in [5.74, 6) is 1.54.